The second kappa shape index (κ2) is 3.18. The summed E-state index contributed by atoms with van der Waals surface area (Å²) in [5.41, 5.74) is 2.09. The summed E-state index contributed by atoms with van der Waals surface area (Å²) in [6.07, 6.45) is 0.682. The van der Waals surface area contributed by atoms with E-state index >= 15 is 0 Å². The highest BCUT2D eigenvalue weighted by Crippen LogP contribution is 2.35. The molecule has 1 atom stereocenters. The van der Waals surface area contributed by atoms with Crippen molar-refractivity contribution in [3.8, 4) is 0 Å². The zero-order valence-corrected chi connectivity index (χ0v) is 8.65. The van der Waals surface area contributed by atoms with E-state index in [1.807, 2.05) is 13.0 Å². The number of aryl methyl sites for hydroxylation is 1. The molecule has 2 rings (SSSR count). The van der Waals surface area contributed by atoms with E-state index in [0.717, 1.165) is 10.5 Å². The van der Waals surface area contributed by atoms with Gasteiger partial charge in [-0.25, -0.2) is 0 Å². The van der Waals surface area contributed by atoms with Crippen molar-refractivity contribution in [2.24, 2.45) is 0 Å². The molecular weight excluding hydrogens is 180 g/mol. The Morgan fingerprint density at radius 3 is 3.00 bits per heavy atom. The third kappa shape index (κ3) is 1.63. The summed E-state index contributed by atoms with van der Waals surface area (Å²) in [7, 11) is 0. The molecule has 1 heterocycles. The van der Waals surface area contributed by atoms with Crippen molar-refractivity contribution >= 4 is 17.5 Å². The number of fused-ring (bicyclic) bond motifs is 1. The number of benzene rings is 1. The Morgan fingerprint density at radius 1 is 1.46 bits per heavy atom. The van der Waals surface area contributed by atoms with Crippen LogP contribution in [-0.2, 0) is 0 Å². The van der Waals surface area contributed by atoms with Crippen molar-refractivity contribution in [1.82, 2.24) is 0 Å². The number of ketones is 1. The molecule has 0 radical (unpaired) electrons. The van der Waals surface area contributed by atoms with Gasteiger partial charge in [0.1, 0.15) is 0 Å². The lowest BCUT2D eigenvalue weighted by atomic mass is 10.0. The van der Waals surface area contributed by atoms with Gasteiger partial charge in [-0.1, -0.05) is 18.6 Å². The molecule has 0 bridgehead atoms. The molecule has 0 aliphatic carbocycles. The van der Waals surface area contributed by atoms with Crippen LogP contribution in [0.1, 0.15) is 29.3 Å². The molecule has 0 saturated heterocycles. The van der Waals surface area contributed by atoms with Gasteiger partial charge in [0, 0.05) is 22.1 Å². The predicted octanol–water partition coefficient (Wildman–Crippen LogP) is 3.06. The van der Waals surface area contributed by atoms with E-state index in [-0.39, 0.29) is 0 Å². The number of hydrogen-bond acceptors (Lipinski definition) is 2. The van der Waals surface area contributed by atoms with Crippen LogP contribution in [0.15, 0.2) is 23.1 Å². The molecule has 0 unspecified atom stereocenters. The first-order valence-electron chi connectivity index (χ1n) is 4.47. The number of thioether (sulfide) groups is 1. The quantitative estimate of drug-likeness (QED) is 0.628. The monoisotopic (exact) mass is 192 g/mol. The first-order chi connectivity index (χ1) is 6.16. The van der Waals surface area contributed by atoms with Crippen molar-refractivity contribution in [2.75, 3.05) is 0 Å². The summed E-state index contributed by atoms with van der Waals surface area (Å²) in [6.45, 7) is 4.13. The number of rotatable bonds is 0. The van der Waals surface area contributed by atoms with E-state index in [1.54, 1.807) is 11.8 Å². The maximum Gasteiger partial charge on any atom is 0.165 e. The fourth-order valence-electron chi connectivity index (χ4n) is 1.59. The SMILES string of the molecule is Cc1ccc2c(c1)C(=O)C[C@H](C)S2. The maximum atomic E-state index is 11.6. The van der Waals surface area contributed by atoms with Crippen molar-refractivity contribution < 1.29 is 4.79 Å². The molecule has 1 aromatic carbocycles. The van der Waals surface area contributed by atoms with Crippen LogP contribution in [0.2, 0.25) is 0 Å². The number of hydrogen-bond donors (Lipinski definition) is 0. The summed E-state index contributed by atoms with van der Waals surface area (Å²) in [4.78, 5) is 12.8. The molecule has 1 aliphatic rings. The van der Waals surface area contributed by atoms with Crippen LogP contribution >= 0.6 is 11.8 Å². The summed E-state index contributed by atoms with van der Waals surface area (Å²) in [6, 6.07) is 6.12. The molecule has 0 spiro atoms. The number of carbonyl (C=O) groups is 1. The van der Waals surface area contributed by atoms with Gasteiger partial charge in [0.25, 0.3) is 0 Å². The van der Waals surface area contributed by atoms with Gasteiger partial charge in [-0.3, -0.25) is 4.79 Å². The molecule has 0 aromatic heterocycles. The second-order valence-electron chi connectivity index (χ2n) is 3.56. The van der Waals surface area contributed by atoms with Crippen molar-refractivity contribution in [3.05, 3.63) is 29.3 Å². The molecular formula is C11H12OS. The molecule has 0 fully saturated rings. The van der Waals surface area contributed by atoms with Gasteiger partial charge in [0.05, 0.1) is 0 Å². The van der Waals surface area contributed by atoms with E-state index in [0.29, 0.717) is 17.5 Å². The Hall–Kier alpha value is -0.760. The number of Topliss-reactive ketones (excluding diaryl/α,β-unsaturated/α-hetero) is 1. The van der Waals surface area contributed by atoms with Gasteiger partial charge in [-0.2, -0.15) is 0 Å². The Balaban J connectivity index is 2.49. The fourth-order valence-corrected chi connectivity index (χ4v) is 2.71. The van der Waals surface area contributed by atoms with Crippen LogP contribution in [-0.4, -0.2) is 11.0 Å². The van der Waals surface area contributed by atoms with Crippen LogP contribution in [0.25, 0.3) is 0 Å². The van der Waals surface area contributed by atoms with Crippen molar-refractivity contribution in [3.63, 3.8) is 0 Å². The lowest BCUT2D eigenvalue weighted by molar-refractivity contribution is 0.0978. The first-order valence-corrected chi connectivity index (χ1v) is 5.35. The highest BCUT2D eigenvalue weighted by atomic mass is 32.2. The third-order valence-electron chi connectivity index (χ3n) is 2.24. The summed E-state index contributed by atoms with van der Waals surface area (Å²) < 4.78 is 0. The molecule has 68 valence electrons. The van der Waals surface area contributed by atoms with Gasteiger partial charge in [-0.05, 0) is 19.1 Å². The highest BCUT2D eigenvalue weighted by Gasteiger charge is 2.22. The van der Waals surface area contributed by atoms with Gasteiger partial charge < -0.3 is 0 Å². The third-order valence-corrected chi connectivity index (χ3v) is 3.42. The highest BCUT2D eigenvalue weighted by molar-refractivity contribution is 8.00. The van der Waals surface area contributed by atoms with Crippen LogP contribution in [0.3, 0.4) is 0 Å². The van der Waals surface area contributed by atoms with Crippen molar-refractivity contribution in [2.45, 2.75) is 30.4 Å². The molecule has 1 nitrogen and oxygen atoms in total. The van der Waals surface area contributed by atoms with Gasteiger partial charge in [0.15, 0.2) is 5.78 Å². The second-order valence-corrected chi connectivity index (χ2v) is 5.04. The van der Waals surface area contributed by atoms with Crippen LogP contribution in [0, 0.1) is 6.92 Å². The lowest BCUT2D eigenvalue weighted by Gasteiger charge is -2.19. The fraction of sp³-hybridized carbons (Fsp3) is 0.364. The Bertz CT molecular complexity index is 357. The largest absolute Gasteiger partial charge is 0.294 e. The predicted molar refractivity (Wildman–Crippen MR) is 55.4 cm³/mol. The Kier molecular flexibility index (Phi) is 2.16. The Labute approximate surface area is 82.5 Å². The summed E-state index contributed by atoms with van der Waals surface area (Å²) >= 11 is 1.80. The normalized spacial score (nSPS) is 21.4. The molecule has 1 aliphatic heterocycles. The molecule has 1 aromatic rings. The van der Waals surface area contributed by atoms with E-state index in [1.165, 1.54) is 5.56 Å². The van der Waals surface area contributed by atoms with Crippen LogP contribution in [0.5, 0.6) is 0 Å². The summed E-state index contributed by atoms with van der Waals surface area (Å²) in [5.74, 6) is 0.296. The average molecular weight is 192 g/mol. The van der Waals surface area contributed by atoms with Crippen LogP contribution in [0.4, 0.5) is 0 Å². The maximum absolute atomic E-state index is 11.6. The topological polar surface area (TPSA) is 17.1 Å². The molecule has 0 amide bonds. The minimum Gasteiger partial charge on any atom is -0.294 e. The summed E-state index contributed by atoms with van der Waals surface area (Å²) in [5, 5.41) is 0.433. The molecule has 0 N–H and O–H groups in total. The van der Waals surface area contributed by atoms with Gasteiger partial charge >= 0.3 is 0 Å². The average Bonchev–Trinajstić information content (AvgIpc) is 2.06. The lowest BCUT2D eigenvalue weighted by Crippen LogP contribution is -2.14. The van der Waals surface area contributed by atoms with Gasteiger partial charge in [0.2, 0.25) is 0 Å². The zero-order valence-electron chi connectivity index (χ0n) is 7.83. The standard InChI is InChI=1S/C11H12OS/c1-7-3-4-11-9(5-7)10(12)6-8(2)13-11/h3-5,8H,6H2,1-2H3/t8-/m0/s1. The van der Waals surface area contributed by atoms with Gasteiger partial charge in [-0.15, -0.1) is 11.8 Å². The molecule has 2 heteroatoms. The molecule has 0 saturated carbocycles. The van der Waals surface area contributed by atoms with E-state index in [9.17, 15) is 4.79 Å². The van der Waals surface area contributed by atoms with E-state index in [2.05, 4.69) is 19.1 Å². The minimum absolute atomic E-state index is 0.296. The smallest absolute Gasteiger partial charge is 0.165 e. The minimum atomic E-state index is 0.296. The van der Waals surface area contributed by atoms with Crippen molar-refractivity contribution in [1.29, 1.82) is 0 Å². The number of carbonyl (C=O) groups excluding carboxylic acids is 1. The molecule has 13 heavy (non-hydrogen) atoms. The zero-order chi connectivity index (χ0) is 9.42. The van der Waals surface area contributed by atoms with E-state index in [4.69, 9.17) is 0 Å². The Morgan fingerprint density at radius 2 is 2.23 bits per heavy atom. The van der Waals surface area contributed by atoms with Crippen LogP contribution < -0.4 is 0 Å². The first kappa shape index (κ1) is 8.82. The van der Waals surface area contributed by atoms with E-state index < -0.39 is 0 Å².